The molecule has 0 heterocycles. The highest BCUT2D eigenvalue weighted by Gasteiger charge is 2.08. The van der Waals surface area contributed by atoms with Crippen LogP contribution in [0.3, 0.4) is 0 Å². The van der Waals surface area contributed by atoms with Crippen LogP contribution in [0.15, 0.2) is 42.5 Å². The molecule has 0 bridgehead atoms. The number of nitrogens with one attached hydrogen (secondary N) is 1. The molecule has 0 unspecified atom stereocenters. The molecular formula is C19H23FN2O2. The molecule has 0 aliphatic rings. The fraction of sp³-hybridized carbons (Fsp3) is 0.316. The maximum absolute atomic E-state index is 12.8. The topological polar surface area (TPSA) is 41.6 Å². The van der Waals surface area contributed by atoms with Gasteiger partial charge in [0.25, 0.3) is 5.91 Å². The average Bonchev–Trinajstić information content (AvgIpc) is 2.58. The van der Waals surface area contributed by atoms with Crippen LogP contribution in [0.1, 0.15) is 19.4 Å². The second-order valence-corrected chi connectivity index (χ2v) is 5.46. The third-order valence-corrected chi connectivity index (χ3v) is 3.80. The minimum Gasteiger partial charge on any atom is -0.484 e. The summed E-state index contributed by atoms with van der Waals surface area (Å²) < 4.78 is 18.2. The molecule has 5 heteroatoms. The van der Waals surface area contributed by atoms with Gasteiger partial charge in [0.05, 0.1) is 0 Å². The highest BCUT2D eigenvalue weighted by molar-refractivity contribution is 5.92. The van der Waals surface area contributed by atoms with Crippen molar-refractivity contribution >= 4 is 17.3 Å². The molecule has 2 aromatic rings. The summed E-state index contributed by atoms with van der Waals surface area (Å²) in [6.45, 7) is 7.94. The van der Waals surface area contributed by atoms with Gasteiger partial charge in [-0.25, -0.2) is 4.39 Å². The lowest BCUT2D eigenvalue weighted by Crippen LogP contribution is -2.23. The minimum absolute atomic E-state index is 0.122. The molecule has 0 saturated heterocycles. The van der Waals surface area contributed by atoms with Crippen molar-refractivity contribution in [1.82, 2.24) is 0 Å². The Morgan fingerprint density at radius 1 is 1.12 bits per heavy atom. The highest BCUT2D eigenvalue weighted by Crippen LogP contribution is 2.22. The fourth-order valence-electron chi connectivity index (χ4n) is 2.44. The van der Waals surface area contributed by atoms with Crippen LogP contribution in [0.25, 0.3) is 0 Å². The summed E-state index contributed by atoms with van der Waals surface area (Å²) in [6, 6.07) is 11.5. The number of carbonyl (C=O) groups is 1. The van der Waals surface area contributed by atoms with E-state index in [1.54, 1.807) is 0 Å². The number of amides is 1. The predicted octanol–water partition coefficient (Wildman–Crippen LogP) is 4.00. The van der Waals surface area contributed by atoms with Gasteiger partial charge in [-0.3, -0.25) is 4.79 Å². The molecule has 128 valence electrons. The molecule has 2 aromatic carbocycles. The molecule has 0 radical (unpaired) electrons. The summed E-state index contributed by atoms with van der Waals surface area (Å²) in [6.07, 6.45) is 0. The van der Waals surface area contributed by atoms with Gasteiger partial charge in [0.1, 0.15) is 11.6 Å². The van der Waals surface area contributed by atoms with Gasteiger partial charge in [0, 0.05) is 24.5 Å². The molecule has 0 aliphatic heterocycles. The molecule has 0 saturated carbocycles. The van der Waals surface area contributed by atoms with E-state index in [9.17, 15) is 9.18 Å². The van der Waals surface area contributed by atoms with Crippen LogP contribution in [-0.4, -0.2) is 25.6 Å². The largest absolute Gasteiger partial charge is 0.484 e. The smallest absolute Gasteiger partial charge is 0.262 e. The third kappa shape index (κ3) is 4.72. The van der Waals surface area contributed by atoms with Crippen molar-refractivity contribution in [3.05, 3.63) is 53.8 Å². The monoisotopic (exact) mass is 330 g/mol. The Labute approximate surface area is 142 Å². The van der Waals surface area contributed by atoms with Gasteiger partial charge in [-0.15, -0.1) is 0 Å². The molecule has 0 fully saturated rings. The minimum atomic E-state index is -0.337. The van der Waals surface area contributed by atoms with Crippen LogP contribution in [0, 0.1) is 12.7 Å². The fourth-order valence-corrected chi connectivity index (χ4v) is 2.44. The number of nitrogens with zero attached hydrogens (tertiary/aromatic N) is 1. The van der Waals surface area contributed by atoms with Crippen molar-refractivity contribution in [1.29, 1.82) is 0 Å². The first kappa shape index (κ1) is 17.8. The Morgan fingerprint density at radius 3 is 2.38 bits per heavy atom. The molecule has 2 rings (SSSR count). The van der Waals surface area contributed by atoms with Gasteiger partial charge in [0.2, 0.25) is 0 Å². The lowest BCUT2D eigenvalue weighted by Gasteiger charge is -2.22. The number of rotatable bonds is 7. The molecule has 1 N–H and O–H groups in total. The number of halogens is 1. The van der Waals surface area contributed by atoms with E-state index in [1.807, 2.05) is 19.1 Å². The maximum atomic E-state index is 12.8. The van der Waals surface area contributed by atoms with Crippen molar-refractivity contribution in [2.75, 3.05) is 29.9 Å². The van der Waals surface area contributed by atoms with Gasteiger partial charge in [-0.2, -0.15) is 0 Å². The lowest BCUT2D eigenvalue weighted by molar-refractivity contribution is -0.118. The zero-order valence-corrected chi connectivity index (χ0v) is 14.3. The molecule has 0 aromatic heterocycles. The summed E-state index contributed by atoms with van der Waals surface area (Å²) in [7, 11) is 0. The first-order valence-electron chi connectivity index (χ1n) is 8.07. The maximum Gasteiger partial charge on any atom is 0.262 e. The zero-order chi connectivity index (χ0) is 17.5. The van der Waals surface area contributed by atoms with Crippen LogP contribution in [0.2, 0.25) is 0 Å². The average molecular weight is 330 g/mol. The lowest BCUT2D eigenvalue weighted by atomic mass is 10.1. The summed E-state index contributed by atoms with van der Waals surface area (Å²) in [5.41, 5.74) is 2.89. The molecule has 24 heavy (non-hydrogen) atoms. The molecule has 0 spiro atoms. The SMILES string of the molecule is CCN(CC)c1ccc(NC(=O)COc2ccc(F)cc2)c(C)c1. The Morgan fingerprint density at radius 2 is 1.79 bits per heavy atom. The normalized spacial score (nSPS) is 10.3. The molecule has 1 amide bonds. The van der Waals surface area contributed by atoms with Crippen LogP contribution < -0.4 is 15.0 Å². The first-order chi connectivity index (χ1) is 11.5. The van der Waals surface area contributed by atoms with Gasteiger partial charge in [0.15, 0.2) is 6.61 Å². The number of hydrogen-bond acceptors (Lipinski definition) is 3. The number of anilines is 2. The second kappa shape index (κ2) is 8.34. The summed E-state index contributed by atoms with van der Waals surface area (Å²) in [4.78, 5) is 14.3. The Kier molecular flexibility index (Phi) is 6.18. The zero-order valence-electron chi connectivity index (χ0n) is 14.3. The molecular weight excluding hydrogens is 307 g/mol. The highest BCUT2D eigenvalue weighted by atomic mass is 19.1. The number of ether oxygens (including phenoxy) is 1. The third-order valence-electron chi connectivity index (χ3n) is 3.80. The van der Waals surface area contributed by atoms with Gasteiger partial charge in [-0.05, 0) is 68.8 Å². The van der Waals surface area contributed by atoms with E-state index in [4.69, 9.17) is 4.74 Å². The first-order valence-corrected chi connectivity index (χ1v) is 8.07. The van der Waals surface area contributed by atoms with E-state index < -0.39 is 0 Å². The van der Waals surface area contributed by atoms with E-state index in [-0.39, 0.29) is 18.3 Å². The number of benzene rings is 2. The molecule has 0 aliphatic carbocycles. The van der Waals surface area contributed by atoms with Gasteiger partial charge >= 0.3 is 0 Å². The van der Waals surface area contributed by atoms with Crippen LogP contribution >= 0.6 is 0 Å². The summed E-state index contributed by atoms with van der Waals surface area (Å²) in [5, 5.41) is 2.84. The van der Waals surface area contributed by atoms with Crippen molar-refractivity contribution in [2.24, 2.45) is 0 Å². The van der Waals surface area contributed by atoms with Gasteiger partial charge < -0.3 is 15.0 Å². The predicted molar refractivity (Wildman–Crippen MR) is 95.3 cm³/mol. The van der Waals surface area contributed by atoms with E-state index in [0.29, 0.717) is 5.75 Å². The Hall–Kier alpha value is -2.56. The second-order valence-electron chi connectivity index (χ2n) is 5.46. The number of aryl methyl sites for hydroxylation is 1. The Balaban J connectivity index is 1.95. The van der Waals surface area contributed by atoms with E-state index in [2.05, 4.69) is 30.1 Å². The molecule has 0 atom stereocenters. The van der Waals surface area contributed by atoms with Crippen LogP contribution in [0.5, 0.6) is 5.75 Å². The van der Waals surface area contributed by atoms with Crippen molar-refractivity contribution in [2.45, 2.75) is 20.8 Å². The molecule has 4 nitrogen and oxygen atoms in total. The van der Waals surface area contributed by atoms with Crippen LogP contribution in [0.4, 0.5) is 15.8 Å². The van der Waals surface area contributed by atoms with Crippen molar-refractivity contribution in [3.8, 4) is 5.75 Å². The van der Waals surface area contributed by atoms with E-state index in [0.717, 1.165) is 30.0 Å². The summed E-state index contributed by atoms with van der Waals surface area (Å²) in [5.74, 6) is -0.131. The number of hydrogen-bond donors (Lipinski definition) is 1. The summed E-state index contributed by atoms with van der Waals surface area (Å²) >= 11 is 0. The van der Waals surface area contributed by atoms with Gasteiger partial charge in [-0.1, -0.05) is 0 Å². The Bertz CT molecular complexity index is 682. The van der Waals surface area contributed by atoms with E-state index in [1.165, 1.54) is 24.3 Å². The van der Waals surface area contributed by atoms with Crippen LogP contribution in [-0.2, 0) is 4.79 Å². The standard InChI is InChI=1S/C19H23FN2O2/c1-4-22(5-2)16-8-11-18(14(3)12-16)21-19(23)13-24-17-9-6-15(20)7-10-17/h6-12H,4-5,13H2,1-3H3,(H,21,23). The van der Waals surface area contributed by atoms with E-state index >= 15 is 0 Å². The number of carbonyl (C=O) groups excluding carboxylic acids is 1. The van der Waals surface area contributed by atoms with Crippen molar-refractivity contribution < 1.29 is 13.9 Å². The van der Waals surface area contributed by atoms with Crippen molar-refractivity contribution in [3.63, 3.8) is 0 Å². The quantitative estimate of drug-likeness (QED) is 0.834.